The van der Waals surface area contributed by atoms with Crippen molar-refractivity contribution in [3.05, 3.63) is 48.8 Å². The lowest BCUT2D eigenvalue weighted by atomic mass is 10.3. The van der Waals surface area contributed by atoms with Gasteiger partial charge in [-0.1, -0.05) is 12.1 Å². The number of nitrogens with zero attached hydrogens (tertiary/aromatic N) is 5. The molecule has 0 unspecified atom stereocenters. The molecule has 3 heterocycles. The summed E-state index contributed by atoms with van der Waals surface area (Å²) in [6.07, 6.45) is 3.48. The highest BCUT2D eigenvalue weighted by atomic mass is 15.3. The summed E-state index contributed by atoms with van der Waals surface area (Å²) in [7, 11) is 1.91. The van der Waals surface area contributed by atoms with Gasteiger partial charge in [-0.2, -0.15) is 0 Å². The minimum atomic E-state index is 0.733. The molecule has 0 amide bonds. The lowest BCUT2D eigenvalue weighted by Crippen LogP contribution is -1.97. The van der Waals surface area contributed by atoms with Crippen molar-refractivity contribution in [3.8, 4) is 23.0 Å². The molecule has 0 bridgehead atoms. The third kappa shape index (κ3) is 1.75. The molecule has 5 nitrogen and oxygen atoms in total. The zero-order valence-electron chi connectivity index (χ0n) is 9.85. The van der Waals surface area contributed by atoms with Crippen molar-refractivity contribution < 1.29 is 0 Å². The van der Waals surface area contributed by atoms with E-state index >= 15 is 0 Å². The Kier molecular flexibility index (Phi) is 2.57. The maximum atomic E-state index is 4.27. The Morgan fingerprint density at radius 3 is 1.67 bits per heavy atom. The van der Waals surface area contributed by atoms with Gasteiger partial charge in [-0.3, -0.25) is 9.97 Å². The van der Waals surface area contributed by atoms with Gasteiger partial charge < -0.3 is 4.57 Å². The molecule has 3 aromatic heterocycles. The Morgan fingerprint density at radius 1 is 0.778 bits per heavy atom. The predicted octanol–water partition coefficient (Wildman–Crippen LogP) is 1.94. The van der Waals surface area contributed by atoms with Gasteiger partial charge >= 0.3 is 0 Å². The molecule has 0 radical (unpaired) electrons. The molecular weight excluding hydrogens is 226 g/mol. The summed E-state index contributed by atoms with van der Waals surface area (Å²) in [5.74, 6) is 1.47. The third-order valence-electron chi connectivity index (χ3n) is 2.66. The van der Waals surface area contributed by atoms with Crippen molar-refractivity contribution in [2.45, 2.75) is 0 Å². The van der Waals surface area contributed by atoms with Crippen molar-refractivity contribution >= 4 is 0 Å². The van der Waals surface area contributed by atoms with E-state index in [1.807, 2.05) is 48.0 Å². The van der Waals surface area contributed by atoms with E-state index < -0.39 is 0 Å². The summed E-state index contributed by atoms with van der Waals surface area (Å²) >= 11 is 0. The van der Waals surface area contributed by atoms with Gasteiger partial charge in [-0.25, -0.2) is 0 Å². The molecule has 0 saturated carbocycles. The second-order valence-corrected chi connectivity index (χ2v) is 3.84. The number of rotatable bonds is 2. The van der Waals surface area contributed by atoms with E-state index in [1.54, 1.807) is 12.4 Å². The second-order valence-electron chi connectivity index (χ2n) is 3.84. The van der Waals surface area contributed by atoms with Gasteiger partial charge in [0.05, 0.1) is 0 Å². The summed E-state index contributed by atoms with van der Waals surface area (Å²) in [5.41, 5.74) is 1.60. The van der Waals surface area contributed by atoms with E-state index in [1.165, 1.54) is 0 Å². The van der Waals surface area contributed by atoms with Crippen LogP contribution < -0.4 is 0 Å². The van der Waals surface area contributed by atoms with Crippen LogP contribution in [0, 0.1) is 0 Å². The number of pyridine rings is 2. The van der Waals surface area contributed by atoms with Gasteiger partial charge in [-0.05, 0) is 24.3 Å². The highest BCUT2D eigenvalue weighted by Crippen LogP contribution is 2.19. The number of hydrogen-bond donors (Lipinski definition) is 0. The van der Waals surface area contributed by atoms with Crippen molar-refractivity contribution in [1.29, 1.82) is 0 Å². The molecule has 0 N–H and O–H groups in total. The topological polar surface area (TPSA) is 56.5 Å². The van der Waals surface area contributed by atoms with E-state index in [-0.39, 0.29) is 0 Å². The first-order valence-corrected chi connectivity index (χ1v) is 5.58. The Balaban J connectivity index is 2.09. The summed E-state index contributed by atoms with van der Waals surface area (Å²) in [6.45, 7) is 0. The summed E-state index contributed by atoms with van der Waals surface area (Å²) in [5, 5.41) is 8.35. The van der Waals surface area contributed by atoms with Gasteiger partial charge in [-0.15, -0.1) is 10.2 Å². The largest absolute Gasteiger partial charge is 0.308 e. The predicted molar refractivity (Wildman–Crippen MR) is 67.5 cm³/mol. The Morgan fingerprint density at radius 2 is 1.28 bits per heavy atom. The molecule has 0 spiro atoms. The lowest BCUT2D eigenvalue weighted by Gasteiger charge is -2.02. The fourth-order valence-electron chi connectivity index (χ4n) is 1.77. The molecule has 3 aromatic rings. The smallest absolute Gasteiger partial charge is 0.182 e. The van der Waals surface area contributed by atoms with Crippen LogP contribution in [-0.4, -0.2) is 24.7 Å². The number of aromatic nitrogens is 5. The van der Waals surface area contributed by atoms with Crippen LogP contribution in [0.1, 0.15) is 0 Å². The molecule has 5 heteroatoms. The zero-order valence-corrected chi connectivity index (χ0v) is 9.85. The van der Waals surface area contributed by atoms with Gasteiger partial charge in [0.15, 0.2) is 11.6 Å². The fourth-order valence-corrected chi connectivity index (χ4v) is 1.77. The molecule has 0 aliphatic rings. The Bertz CT molecular complexity index is 589. The molecular formula is C13H11N5. The maximum Gasteiger partial charge on any atom is 0.182 e. The Labute approximate surface area is 104 Å². The average molecular weight is 237 g/mol. The minimum absolute atomic E-state index is 0.733. The quantitative estimate of drug-likeness (QED) is 0.683. The van der Waals surface area contributed by atoms with Crippen LogP contribution in [0.15, 0.2) is 48.8 Å². The number of hydrogen-bond acceptors (Lipinski definition) is 4. The average Bonchev–Trinajstić information content (AvgIpc) is 2.83. The van der Waals surface area contributed by atoms with Crippen molar-refractivity contribution in [1.82, 2.24) is 24.7 Å². The molecule has 18 heavy (non-hydrogen) atoms. The van der Waals surface area contributed by atoms with Crippen LogP contribution in [0.4, 0.5) is 0 Å². The highest BCUT2D eigenvalue weighted by molar-refractivity contribution is 5.56. The first kappa shape index (κ1) is 10.6. The SMILES string of the molecule is Cn1c(-c2ccccn2)nnc1-c1ccccn1. The van der Waals surface area contributed by atoms with E-state index in [9.17, 15) is 0 Å². The summed E-state index contributed by atoms with van der Waals surface area (Å²) < 4.78 is 1.89. The van der Waals surface area contributed by atoms with Crippen LogP contribution >= 0.6 is 0 Å². The molecule has 0 aliphatic heterocycles. The first-order valence-electron chi connectivity index (χ1n) is 5.58. The molecule has 0 atom stereocenters. The molecule has 0 fully saturated rings. The van der Waals surface area contributed by atoms with E-state index in [4.69, 9.17) is 0 Å². The van der Waals surface area contributed by atoms with Crippen LogP contribution in [0.2, 0.25) is 0 Å². The molecule has 88 valence electrons. The summed E-state index contributed by atoms with van der Waals surface area (Å²) in [4.78, 5) is 8.55. The monoisotopic (exact) mass is 237 g/mol. The third-order valence-corrected chi connectivity index (χ3v) is 2.66. The van der Waals surface area contributed by atoms with Crippen molar-refractivity contribution in [2.75, 3.05) is 0 Å². The standard InChI is InChI=1S/C13H11N5/c1-18-12(10-6-2-4-8-14-10)16-17-13(18)11-7-3-5-9-15-11/h2-9H,1H3. The van der Waals surface area contributed by atoms with E-state index in [0.717, 1.165) is 23.0 Å². The molecule has 3 rings (SSSR count). The normalized spacial score (nSPS) is 10.5. The zero-order chi connectivity index (χ0) is 12.4. The summed E-state index contributed by atoms with van der Waals surface area (Å²) in [6, 6.07) is 11.4. The van der Waals surface area contributed by atoms with E-state index in [2.05, 4.69) is 20.2 Å². The van der Waals surface area contributed by atoms with Crippen molar-refractivity contribution in [2.24, 2.45) is 7.05 Å². The van der Waals surface area contributed by atoms with Crippen LogP contribution in [0.25, 0.3) is 23.0 Å². The molecule has 0 aromatic carbocycles. The van der Waals surface area contributed by atoms with Crippen LogP contribution in [0.5, 0.6) is 0 Å². The van der Waals surface area contributed by atoms with Gasteiger partial charge in [0.2, 0.25) is 0 Å². The van der Waals surface area contributed by atoms with Gasteiger partial charge in [0.1, 0.15) is 11.4 Å². The van der Waals surface area contributed by atoms with Gasteiger partial charge in [0, 0.05) is 19.4 Å². The first-order chi connectivity index (χ1) is 8.86. The highest BCUT2D eigenvalue weighted by Gasteiger charge is 2.13. The lowest BCUT2D eigenvalue weighted by molar-refractivity contribution is 0.917. The molecule has 0 aliphatic carbocycles. The van der Waals surface area contributed by atoms with Crippen LogP contribution in [-0.2, 0) is 7.05 Å². The van der Waals surface area contributed by atoms with Crippen LogP contribution in [0.3, 0.4) is 0 Å². The second kappa shape index (κ2) is 4.37. The maximum absolute atomic E-state index is 4.27. The fraction of sp³-hybridized carbons (Fsp3) is 0.0769. The van der Waals surface area contributed by atoms with E-state index in [0.29, 0.717) is 0 Å². The molecule has 0 saturated heterocycles. The minimum Gasteiger partial charge on any atom is -0.308 e. The van der Waals surface area contributed by atoms with Gasteiger partial charge in [0.25, 0.3) is 0 Å². The van der Waals surface area contributed by atoms with Crippen molar-refractivity contribution in [3.63, 3.8) is 0 Å². The Hall–Kier alpha value is -2.56.